The number of fused-ring (bicyclic) bond motifs is 1. The van der Waals surface area contributed by atoms with Crippen molar-refractivity contribution in [1.29, 1.82) is 0 Å². The first-order valence-electron chi connectivity index (χ1n) is 9.86. The summed E-state index contributed by atoms with van der Waals surface area (Å²) in [6, 6.07) is 24.1. The van der Waals surface area contributed by atoms with E-state index in [0.717, 1.165) is 29.3 Å². The molecule has 0 saturated carbocycles. The number of pyridine rings is 2. The molecule has 2 aromatic carbocycles. The van der Waals surface area contributed by atoms with Crippen molar-refractivity contribution in [3.63, 3.8) is 0 Å². The minimum atomic E-state index is -0.000629. The van der Waals surface area contributed by atoms with Crippen LogP contribution in [0.4, 0.5) is 0 Å². The van der Waals surface area contributed by atoms with E-state index >= 15 is 0 Å². The largest absolute Gasteiger partial charge is 0.334 e. The molecule has 0 aliphatic heterocycles. The molecule has 0 aliphatic rings. The summed E-state index contributed by atoms with van der Waals surface area (Å²) in [4.78, 5) is 23.7. The minimum absolute atomic E-state index is 0.000629. The SMILES string of the molecule is O=C(c1cccnc1)N(CCCc1ccccc1)Cc1cnc2ccccc2c1. The van der Waals surface area contributed by atoms with Gasteiger partial charge in [-0.05, 0) is 48.2 Å². The number of carbonyl (C=O) groups excluding carboxylic acids is 1. The summed E-state index contributed by atoms with van der Waals surface area (Å²) in [6.07, 6.45) is 7.02. The Morgan fingerprint density at radius 2 is 1.69 bits per heavy atom. The third-order valence-corrected chi connectivity index (χ3v) is 4.95. The second-order valence-electron chi connectivity index (χ2n) is 7.09. The van der Waals surface area contributed by atoms with Gasteiger partial charge in [0.1, 0.15) is 0 Å². The van der Waals surface area contributed by atoms with Crippen molar-refractivity contribution >= 4 is 16.8 Å². The molecule has 29 heavy (non-hydrogen) atoms. The molecule has 4 rings (SSSR count). The van der Waals surface area contributed by atoms with Crippen molar-refractivity contribution in [2.24, 2.45) is 0 Å². The van der Waals surface area contributed by atoms with Crippen molar-refractivity contribution in [3.8, 4) is 0 Å². The Hall–Kier alpha value is -3.53. The summed E-state index contributed by atoms with van der Waals surface area (Å²) < 4.78 is 0. The van der Waals surface area contributed by atoms with Crippen molar-refractivity contribution in [2.45, 2.75) is 19.4 Å². The fourth-order valence-electron chi connectivity index (χ4n) is 3.47. The molecule has 0 spiro atoms. The topological polar surface area (TPSA) is 46.1 Å². The van der Waals surface area contributed by atoms with E-state index in [-0.39, 0.29) is 5.91 Å². The second kappa shape index (κ2) is 9.11. The number of aryl methyl sites for hydroxylation is 1. The lowest BCUT2D eigenvalue weighted by molar-refractivity contribution is 0.0740. The highest BCUT2D eigenvalue weighted by molar-refractivity contribution is 5.93. The average Bonchev–Trinajstić information content (AvgIpc) is 2.79. The van der Waals surface area contributed by atoms with Crippen LogP contribution in [0.3, 0.4) is 0 Å². The Balaban J connectivity index is 1.52. The summed E-state index contributed by atoms with van der Waals surface area (Å²) in [5, 5.41) is 1.09. The maximum atomic E-state index is 13.1. The van der Waals surface area contributed by atoms with Crippen LogP contribution in [-0.2, 0) is 13.0 Å². The van der Waals surface area contributed by atoms with E-state index in [1.807, 2.05) is 41.4 Å². The molecule has 4 heteroatoms. The van der Waals surface area contributed by atoms with Crippen molar-refractivity contribution in [1.82, 2.24) is 14.9 Å². The van der Waals surface area contributed by atoms with Gasteiger partial charge in [-0.25, -0.2) is 0 Å². The van der Waals surface area contributed by atoms with Crippen LogP contribution < -0.4 is 0 Å². The smallest absolute Gasteiger partial charge is 0.255 e. The molecular formula is C25H23N3O. The lowest BCUT2D eigenvalue weighted by Crippen LogP contribution is -2.32. The van der Waals surface area contributed by atoms with E-state index in [1.165, 1.54) is 5.56 Å². The molecule has 0 fully saturated rings. The number of rotatable bonds is 7. The molecule has 2 heterocycles. The van der Waals surface area contributed by atoms with E-state index in [9.17, 15) is 4.79 Å². The third kappa shape index (κ3) is 4.85. The number of nitrogens with zero attached hydrogens (tertiary/aromatic N) is 3. The zero-order chi connectivity index (χ0) is 19.9. The molecule has 0 atom stereocenters. The van der Waals surface area contributed by atoms with Gasteiger partial charge < -0.3 is 4.90 Å². The van der Waals surface area contributed by atoms with Gasteiger partial charge in [-0.2, -0.15) is 0 Å². The molecule has 1 amide bonds. The predicted octanol–water partition coefficient (Wildman–Crippen LogP) is 4.91. The Morgan fingerprint density at radius 1 is 0.862 bits per heavy atom. The number of carbonyl (C=O) groups is 1. The van der Waals surface area contributed by atoms with E-state index in [4.69, 9.17) is 0 Å². The normalized spacial score (nSPS) is 10.8. The van der Waals surface area contributed by atoms with Crippen LogP contribution >= 0.6 is 0 Å². The molecular weight excluding hydrogens is 358 g/mol. The first-order chi connectivity index (χ1) is 14.3. The fraction of sp³-hybridized carbons (Fsp3) is 0.160. The van der Waals surface area contributed by atoms with Crippen LogP contribution in [0, 0.1) is 0 Å². The van der Waals surface area contributed by atoms with Crippen LogP contribution in [0.25, 0.3) is 10.9 Å². The minimum Gasteiger partial charge on any atom is -0.334 e. The quantitative estimate of drug-likeness (QED) is 0.457. The summed E-state index contributed by atoms with van der Waals surface area (Å²) in [5.74, 6) is -0.000629. The van der Waals surface area contributed by atoms with Gasteiger partial charge in [0.05, 0.1) is 11.1 Å². The first kappa shape index (κ1) is 18.8. The van der Waals surface area contributed by atoms with Gasteiger partial charge in [0.2, 0.25) is 0 Å². The van der Waals surface area contributed by atoms with E-state index in [0.29, 0.717) is 18.7 Å². The lowest BCUT2D eigenvalue weighted by atomic mass is 10.1. The Kier molecular flexibility index (Phi) is 5.91. The van der Waals surface area contributed by atoms with Crippen LogP contribution in [0.2, 0.25) is 0 Å². The zero-order valence-electron chi connectivity index (χ0n) is 16.2. The molecule has 0 bridgehead atoms. The van der Waals surface area contributed by atoms with Crippen molar-refractivity contribution in [2.75, 3.05) is 6.54 Å². The van der Waals surface area contributed by atoms with Crippen molar-refractivity contribution < 1.29 is 4.79 Å². The standard InChI is InChI=1S/C25H23N3O/c29-25(23-12-6-14-26-18-23)28(15-7-10-20-8-2-1-3-9-20)19-21-16-22-11-4-5-13-24(22)27-17-21/h1-6,8-9,11-14,16-18H,7,10,15,19H2. The highest BCUT2D eigenvalue weighted by Crippen LogP contribution is 2.16. The van der Waals surface area contributed by atoms with Gasteiger partial charge in [0.25, 0.3) is 5.91 Å². The van der Waals surface area contributed by atoms with Crippen LogP contribution in [0.1, 0.15) is 27.9 Å². The summed E-state index contributed by atoms with van der Waals surface area (Å²) in [5.41, 5.74) is 3.89. The van der Waals surface area contributed by atoms with E-state index in [2.05, 4.69) is 46.4 Å². The molecule has 0 radical (unpaired) electrons. The van der Waals surface area contributed by atoms with E-state index < -0.39 is 0 Å². The molecule has 4 nitrogen and oxygen atoms in total. The number of hydrogen-bond acceptors (Lipinski definition) is 3. The number of para-hydroxylation sites is 1. The number of aromatic nitrogens is 2. The van der Waals surface area contributed by atoms with Crippen LogP contribution in [0.5, 0.6) is 0 Å². The average molecular weight is 381 g/mol. The fourth-order valence-corrected chi connectivity index (χ4v) is 3.47. The molecule has 0 N–H and O–H groups in total. The lowest BCUT2D eigenvalue weighted by Gasteiger charge is -2.23. The van der Waals surface area contributed by atoms with Gasteiger partial charge in [-0.1, -0.05) is 48.5 Å². The Morgan fingerprint density at radius 3 is 2.52 bits per heavy atom. The second-order valence-corrected chi connectivity index (χ2v) is 7.09. The van der Waals surface area contributed by atoms with E-state index in [1.54, 1.807) is 18.5 Å². The monoisotopic (exact) mass is 381 g/mol. The molecule has 0 aliphatic carbocycles. The summed E-state index contributed by atoms with van der Waals surface area (Å²) >= 11 is 0. The maximum absolute atomic E-state index is 13.1. The molecule has 0 saturated heterocycles. The summed E-state index contributed by atoms with van der Waals surface area (Å²) in [7, 11) is 0. The van der Waals surface area contributed by atoms with Crippen molar-refractivity contribution in [3.05, 3.63) is 108 Å². The van der Waals surface area contributed by atoms with Gasteiger partial charge in [0, 0.05) is 37.1 Å². The molecule has 0 unspecified atom stereocenters. The maximum Gasteiger partial charge on any atom is 0.255 e. The first-order valence-corrected chi connectivity index (χ1v) is 9.86. The Labute approximate surface area is 170 Å². The number of benzene rings is 2. The zero-order valence-corrected chi connectivity index (χ0v) is 16.2. The number of amides is 1. The van der Waals surface area contributed by atoms with Gasteiger partial charge in [-0.15, -0.1) is 0 Å². The van der Waals surface area contributed by atoms with Crippen LogP contribution in [0.15, 0.2) is 91.4 Å². The molecule has 2 aromatic heterocycles. The van der Waals surface area contributed by atoms with Gasteiger partial charge >= 0.3 is 0 Å². The molecule has 144 valence electrons. The third-order valence-electron chi connectivity index (χ3n) is 4.95. The predicted molar refractivity (Wildman–Crippen MR) is 115 cm³/mol. The highest BCUT2D eigenvalue weighted by atomic mass is 16.2. The van der Waals surface area contributed by atoms with Gasteiger partial charge in [-0.3, -0.25) is 14.8 Å². The summed E-state index contributed by atoms with van der Waals surface area (Å²) in [6.45, 7) is 1.20. The Bertz CT molecular complexity index is 1080. The van der Waals surface area contributed by atoms with Gasteiger partial charge in [0.15, 0.2) is 0 Å². The highest BCUT2D eigenvalue weighted by Gasteiger charge is 2.16. The van der Waals surface area contributed by atoms with Crippen LogP contribution in [-0.4, -0.2) is 27.3 Å². The number of hydrogen-bond donors (Lipinski definition) is 0. The molecule has 4 aromatic rings.